The number of hydrogen-bond donors (Lipinski definition) is 1. The summed E-state index contributed by atoms with van der Waals surface area (Å²) in [5.74, 6) is 0.397. The van der Waals surface area contributed by atoms with Gasteiger partial charge in [-0.3, -0.25) is 9.59 Å². The summed E-state index contributed by atoms with van der Waals surface area (Å²) in [4.78, 5) is 45.6. The molecular formula is C24H39N5O3. The van der Waals surface area contributed by atoms with E-state index in [1.807, 2.05) is 9.80 Å². The molecular weight excluding hydrogens is 406 g/mol. The van der Waals surface area contributed by atoms with Gasteiger partial charge >= 0.3 is 6.03 Å². The minimum absolute atomic E-state index is 0.169. The van der Waals surface area contributed by atoms with Crippen LogP contribution in [0.3, 0.4) is 0 Å². The Hall–Kier alpha value is -1.83. The van der Waals surface area contributed by atoms with Gasteiger partial charge in [0.15, 0.2) is 0 Å². The Kier molecular flexibility index (Phi) is 6.58. The fraction of sp³-hybridized carbons (Fsp3) is 0.875. The Morgan fingerprint density at radius 3 is 2.28 bits per heavy atom. The van der Waals surface area contributed by atoms with Gasteiger partial charge in [-0.25, -0.2) is 4.79 Å². The van der Waals surface area contributed by atoms with Crippen molar-refractivity contribution in [1.29, 1.82) is 0 Å². The summed E-state index contributed by atoms with van der Waals surface area (Å²) < 4.78 is 0. The van der Waals surface area contributed by atoms with E-state index in [0.29, 0.717) is 43.6 Å². The second-order valence-electron chi connectivity index (χ2n) is 10.4. The van der Waals surface area contributed by atoms with Gasteiger partial charge in [0.2, 0.25) is 11.8 Å². The molecule has 5 aliphatic rings. The number of hydrogen-bond acceptors (Lipinski definition) is 4. The summed E-state index contributed by atoms with van der Waals surface area (Å²) in [6.45, 7) is 5.16. The highest BCUT2D eigenvalue weighted by atomic mass is 16.2. The molecule has 1 saturated carbocycles. The number of carbonyl (C=O) groups is 3. The number of fused-ring (bicyclic) bond motifs is 1. The highest BCUT2D eigenvalue weighted by molar-refractivity contribution is 5.80. The second-order valence-corrected chi connectivity index (χ2v) is 10.4. The highest BCUT2D eigenvalue weighted by Gasteiger charge is 2.44. The van der Waals surface area contributed by atoms with Crippen LogP contribution in [-0.2, 0) is 9.59 Å². The van der Waals surface area contributed by atoms with Crippen LogP contribution in [0.1, 0.15) is 70.6 Å². The first kappa shape index (κ1) is 22.0. The van der Waals surface area contributed by atoms with Gasteiger partial charge in [-0.05, 0) is 44.9 Å². The lowest BCUT2D eigenvalue weighted by Crippen LogP contribution is -2.53. The Morgan fingerprint density at radius 2 is 1.56 bits per heavy atom. The van der Waals surface area contributed by atoms with Crippen molar-refractivity contribution < 1.29 is 14.4 Å². The van der Waals surface area contributed by atoms with Crippen LogP contribution in [-0.4, -0.2) is 101 Å². The van der Waals surface area contributed by atoms with Crippen molar-refractivity contribution in [2.24, 2.45) is 0 Å². The summed E-state index contributed by atoms with van der Waals surface area (Å²) in [5.41, 5.74) is 0. The van der Waals surface area contributed by atoms with Crippen LogP contribution in [0, 0.1) is 0 Å². The molecule has 0 aromatic rings. The van der Waals surface area contributed by atoms with Crippen molar-refractivity contribution in [2.45, 2.75) is 94.8 Å². The largest absolute Gasteiger partial charge is 0.343 e. The zero-order valence-corrected chi connectivity index (χ0v) is 19.3. The predicted molar refractivity (Wildman–Crippen MR) is 121 cm³/mol. The molecule has 0 radical (unpaired) electrons. The zero-order valence-electron chi connectivity index (χ0n) is 19.3. The van der Waals surface area contributed by atoms with Crippen molar-refractivity contribution in [1.82, 2.24) is 24.9 Å². The maximum absolute atomic E-state index is 12.6. The molecule has 178 valence electrons. The van der Waals surface area contributed by atoms with Crippen molar-refractivity contribution in [3.8, 4) is 0 Å². The third-order valence-corrected chi connectivity index (χ3v) is 8.62. The maximum atomic E-state index is 12.6. The van der Waals surface area contributed by atoms with E-state index in [-0.39, 0.29) is 17.8 Å². The molecule has 1 aliphatic carbocycles. The molecule has 0 aromatic heterocycles. The normalized spacial score (nSPS) is 30.7. The minimum Gasteiger partial charge on any atom is -0.343 e. The minimum atomic E-state index is 0.169. The molecule has 4 heterocycles. The molecule has 4 saturated heterocycles. The van der Waals surface area contributed by atoms with Crippen molar-refractivity contribution in [2.75, 3.05) is 39.3 Å². The summed E-state index contributed by atoms with van der Waals surface area (Å²) in [6, 6.07) is 1.89. The van der Waals surface area contributed by atoms with Gasteiger partial charge in [0.25, 0.3) is 0 Å². The van der Waals surface area contributed by atoms with E-state index in [2.05, 4.69) is 15.1 Å². The molecule has 8 nitrogen and oxygen atoms in total. The lowest BCUT2D eigenvalue weighted by molar-refractivity contribution is -0.134. The number of rotatable bonds is 5. The fourth-order valence-electron chi connectivity index (χ4n) is 6.77. The zero-order chi connectivity index (χ0) is 22.1. The number of amides is 4. The van der Waals surface area contributed by atoms with E-state index >= 15 is 0 Å². The monoisotopic (exact) mass is 445 g/mol. The number of piperidine rings is 2. The second kappa shape index (κ2) is 9.57. The van der Waals surface area contributed by atoms with Crippen LogP contribution in [0.4, 0.5) is 4.79 Å². The first-order chi connectivity index (χ1) is 15.6. The number of nitrogens with one attached hydrogen (secondary N) is 1. The quantitative estimate of drug-likeness (QED) is 0.700. The van der Waals surface area contributed by atoms with E-state index in [1.165, 1.54) is 12.8 Å². The molecule has 8 heteroatoms. The molecule has 32 heavy (non-hydrogen) atoms. The lowest BCUT2D eigenvalue weighted by atomic mass is 9.89. The lowest BCUT2D eigenvalue weighted by Gasteiger charge is -2.44. The molecule has 0 bridgehead atoms. The SMILES string of the molecule is O=C1CCCN1CCC(=O)N1CCC(N2CCC(N3C(=O)N[C@H]4CCCC[C@@H]43)CC2)CC1. The number of likely N-dealkylation sites (tertiary alicyclic amines) is 3. The van der Waals surface area contributed by atoms with E-state index in [0.717, 1.165) is 77.7 Å². The molecule has 5 fully saturated rings. The first-order valence-corrected chi connectivity index (χ1v) is 13.0. The Balaban J connectivity index is 1.05. The van der Waals surface area contributed by atoms with Gasteiger partial charge in [0.1, 0.15) is 0 Å². The summed E-state index contributed by atoms with van der Waals surface area (Å²) in [5, 5.41) is 3.24. The van der Waals surface area contributed by atoms with Crippen molar-refractivity contribution >= 4 is 17.8 Å². The van der Waals surface area contributed by atoms with Gasteiger partial charge < -0.3 is 24.9 Å². The van der Waals surface area contributed by atoms with Crippen LogP contribution in [0.5, 0.6) is 0 Å². The van der Waals surface area contributed by atoms with Gasteiger partial charge in [-0.15, -0.1) is 0 Å². The summed E-state index contributed by atoms with van der Waals surface area (Å²) in [6.07, 6.45) is 11.0. The third-order valence-electron chi connectivity index (χ3n) is 8.62. The molecule has 5 rings (SSSR count). The van der Waals surface area contributed by atoms with Crippen molar-refractivity contribution in [3.05, 3.63) is 0 Å². The molecule has 4 aliphatic heterocycles. The van der Waals surface area contributed by atoms with E-state index in [1.54, 1.807) is 0 Å². The number of carbonyl (C=O) groups excluding carboxylic acids is 3. The Labute approximate surface area is 191 Å². The average molecular weight is 446 g/mol. The molecule has 0 aromatic carbocycles. The van der Waals surface area contributed by atoms with Crippen LogP contribution in [0.2, 0.25) is 0 Å². The van der Waals surface area contributed by atoms with E-state index in [4.69, 9.17) is 0 Å². The van der Waals surface area contributed by atoms with Gasteiger partial charge in [-0.2, -0.15) is 0 Å². The topological polar surface area (TPSA) is 76.2 Å². The summed E-state index contributed by atoms with van der Waals surface area (Å²) in [7, 11) is 0. The van der Waals surface area contributed by atoms with E-state index in [9.17, 15) is 14.4 Å². The molecule has 0 spiro atoms. The first-order valence-electron chi connectivity index (χ1n) is 13.0. The molecule has 1 N–H and O–H groups in total. The average Bonchev–Trinajstić information content (AvgIpc) is 3.39. The van der Waals surface area contributed by atoms with Crippen LogP contribution >= 0.6 is 0 Å². The Bertz CT molecular complexity index is 714. The Morgan fingerprint density at radius 1 is 0.844 bits per heavy atom. The smallest absolute Gasteiger partial charge is 0.318 e. The van der Waals surface area contributed by atoms with Gasteiger partial charge in [0.05, 0.1) is 12.1 Å². The van der Waals surface area contributed by atoms with Crippen LogP contribution in [0.15, 0.2) is 0 Å². The fourth-order valence-corrected chi connectivity index (χ4v) is 6.77. The van der Waals surface area contributed by atoms with Gasteiger partial charge in [0, 0.05) is 64.2 Å². The van der Waals surface area contributed by atoms with Crippen LogP contribution < -0.4 is 5.32 Å². The number of nitrogens with zero attached hydrogens (tertiary/aromatic N) is 4. The molecule has 2 atom stereocenters. The number of urea groups is 1. The molecule has 4 amide bonds. The third kappa shape index (κ3) is 4.47. The van der Waals surface area contributed by atoms with Crippen molar-refractivity contribution in [3.63, 3.8) is 0 Å². The highest BCUT2D eigenvalue weighted by Crippen LogP contribution is 2.33. The maximum Gasteiger partial charge on any atom is 0.318 e. The predicted octanol–water partition coefficient (Wildman–Crippen LogP) is 1.79. The van der Waals surface area contributed by atoms with E-state index < -0.39 is 0 Å². The standard InChI is InChI=1S/C24H39N5O3/c30-22-6-3-12-27(22)17-11-23(31)28-15-7-18(8-16-28)26-13-9-19(10-14-26)29-21-5-2-1-4-20(21)25-24(29)32/h18-21H,1-17H2,(H,25,32)/t20-,21-/m0/s1. The van der Waals surface area contributed by atoms with Crippen LogP contribution in [0.25, 0.3) is 0 Å². The summed E-state index contributed by atoms with van der Waals surface area (Å²) >= 11 is 0. The van der Waals surface area contributed by atoms with Gasteiger partial charge in [-0.1, -0.05) is 12.8 Å². The molecule has 0 unspecified atom stereocenters.